The lowest BCUT2D eigenvalue weighted by molar-refractivity contribution is -0.384. The number of nitro benzene ring substituents is 1. The molecule has 0 spiro atoms. The summed E-state index contributed by atoms with van der Waals surface area (Å²) in [5.41, 5.74) is 1.65. The Balaban J connectivity index is 1.51. The molecule has 4 rings (SSSR count). The SMILES string of the molecule is C[C@H](c1ccccc1)N(CCc1nc(-c2ccc([N+](=O)[O-])cc2)no1)C(=O)c1cccs1. The molecule has 0 N–H and O–H groups in total. The molecule has 0 aliphatic rings. The van der Waals surface area contributed by atoms with Crippen LogP contribution in [0.15, 0.2) is 76.6 Å². The summed E-state index contributed by atoms with van der Waals surface area (Å²) in [7, 11) is 0. The lowest BCUT2D eigenvalue weighted by Crippen LogP contribution is -2.35. The van der Waals surface area contributed by atoms with E-state index in [-0.39, 0.29) is 17.6 Å². The first-order valence-corrected chi connectivity index (χ1v) is 10.9. The topological polar surface area (TPSA) is 102 Å². The molecule has 32 heavy (non-hydrogen) atoms. The molecule has 162 valence electrons. The maximum atomic E-state index is 13.2. The minimum atomic E-state index is -0.460. The maximum Gasteiger partial charge on any atom is 0.269 e. The number of amides is 1. The first-order valence-electron chi connectivity index (χ1n) is 10.00. The van der Waals surface area contributed by atoms with Crippen LogP contribution in [0.25, 0.3) is 11.4 Å². The molecule has 4 aromatic rings. The summed E-state index contributed by atoms with van der Waals surface area (Å²) < 4.78 is 5.37. The molecule has 0 bridgehead atoms. The van der Waals surface area contributed by atoms with E-state index in [0.29, 0.717) is 35.1 Å². The lowest BCUT2D eigenvalue weighted by atomic mass is 10.1. The van der Waals surface area contributed by atoms with Gasteiger partial charge in [-0.15, -0.1) is 11.3 Å². The van der Waals surface area contributed by atoms with Crippen LogP contribution in [-0.4, -0.2) is 32.4 Å². The van der Waals surface area contributed by atoms with E-state index in [4.69, 9.17) is 4.52 Å². The first-order chi connectivity index (χ1) is 15.5. The van der Waals surface area contributed by atoms with Crippen LogP contribution in [0, 0.1) is 10.1 Å². The normalized spacial score (nSPS) is 11.8. The molecule has 0 fully saturated rings. The Hall–Kier alpha value is -3.85. The van der Waals surface area contributed by atoms with Gasteiger partial charge in [0.2, 0.25) is 11.7 Å². The van der Waals surface area contributed by atoms with Gasteiger partial charge in [-0.3, -0.25) is 14.9 Å². The smallest absolute Gasteiger partial charge is 0.269 e. The van der Waals surface area contributed by atoms with Crippen molar-refractivity contribution in [3.8, 4) is 11.4 Å². The quantitative estimate of drug-likeness (QED) is 0.273. The van der Waals surface area contributed by atoms with Crippen molar-refractivity contribution in [2.45, 2.75) is 19.4 Å². The number of nitrogens with zero attached hydrogens (tertiary/aromatic N) is 4. The number of hydrogen-bond donors (Lipinski definition) is 0. The average molecular weight is 449 g/mol. The van der Waals surface area contributed by atoms with Gasteiger partial charge in [0.1, 0.15) is 0 Å². The van der Waals surface area contributed by atoms with Gasteiger partial charge in [-0.05, 0) is 36.1 Å². The van der Waals surface area contributed by atoms with Gasteiger partial charge in [0.25, 0.3) is 11.6 Å². The van der Waals surface area contributed by atoms with Crippen molar-refractivity contribution in [2.24, 2.45) is 0 Å². The zero-order valence-electron chi connectivity index (χ0n) is 17.2. The number of nitro groups is 1. The molecule has 0 radical (unpaired) electrons. The molecule has 0 aliphatic carbocycles. The molecule has 9 heteroatoms. The second-order valence-corrected chi connectivity index (χ2v) is 8.08. The Morgan fingerprint density at radius 1 is 1.12 bits per heavy atom. The van der Waals surface area contributed by atoms with Crippen LogP contribution in [0.2, 0.25) is 0 Å². The van der Waals surface area contributed by atoms with Gasteiger partial charge in [0, 0.05) is 30.7 Å². The lowest BCUT2D eigenvalue weighted by Gasteiger charge is -2.29. The number of thiophene rings is 1. The largest absolute Gasteiger partial charge is 0.339 e. The van der Waals surface area contributed by atoms with E-state index in [9.17, 15) is 14.9 Å². The Morgan fingerprint density at radius 3 is 2.53 bits per heavy atom. The molecule has 0 saturated heterocycles. The number of carbonyl (C=O) groups is 1. The minimum Gasteiger partial charge on any atom is -0.339 e. The molecular weight excluding hydrogens is 428 g/mol. The van der Waals surface area contributed by atoms with Crippen molar-refractivity contribution in [1.82, 2.24) is 15.0 Å². The van der Waals surface area contributed by atoms with Crippen LogP contribution in [0.3, 0.4) is 0 Å². The molecule has 0 saturated carbocycles. The van der Waals surface area contributed by atoms with Crippen molar-refractivity contribution in [3.05, 3.63) is 98.6 Å². The third-order valence-electron chi connectivity index (χ3n) is 5.11. The Labute approximate surface area is 188 Å². The second kappa shape index (κ2) is 9.52. The molecule has 1 amide bonds. The van der Waals surface area contributed by atoms with E-state index in [1.54, 1.807) is 17.0 Å². The summed E-state index contributed by atoms with van der Waals surface area (Å²) in [6.07, 6.45) is 0.383. The summed E-state index contributed by atoms with van der Waals surface area (Å²) in [4.78, 5) is 30.4. The van der Waals surface area contributed by atoms with Crippen molar-refractivity contribution in [2.75, 3.05) is 6.54 Å². The van der Waals surface area contributed by atoms with Crippen molar-refractivity contribution >= 4 is 22.9 Å². The predicted molar refractivity (Wildman–Crippen MR) is 120 cm³/mol. The molecular formula is C23H20N4O4S. The molecule has 1 atom stereocenters. The standard InChI is InChI=1S/C23H20N4O4S/c1-16(17-6-3-2-4-7-17)26(23(28)20-8-5-15-32-20)14-13-21-24-22(25-31-21)18-9-11-19(12-10-18)27(29)30/h2-12,15-16H,13-14H2,1H3/t16-/m1/s1. The van der Waals surface area contributed by atoms with Gasteiger partial charge in [-0.25, -0.2) is 0 Å². The van der Waals surface area contributed by atoms with Gasteiger partial charge in [0.05, 0.1) is 15.8 Å². The van der Waals surface area contributed by atoms with Crippen LogP contribution in [-0.2, 0) is 6.42 Å². The fraction of sp³-hybridized carbons (Fsp3) is 0.174. The summed E-state index contributed by atoms with van der Waals surface area (Å²) in [6.45, 7) is 2.39. The summed E-state index contributed by atoms with van der Waals surface area (Å²) >= 11 is 1.41. The molecule has 8 nitrogen and oxygen atoms in total. The number of carbonyl (C=O) groups excluding carboxylic acids is 1. The number of hydrogen-bond acceptors (Lipinski definition) is 7. The molecule has 2 heterocycles. The molecule has 2 aromatic heterocycles. The van der Waals surface area contributed by atoms with Crippen LogP contribution in [0.4, 0.5) is 5.69 Å². The minimum absolute atomic E-state index is 0.00454. The highest BCUT2D eigenvalue weighted by molar-refractivity contribution is 7.12. The van der Waals surface area contributed by atoms with E-state index in [2.05, 4.69) is 10.1 Å². The van der Waals surface area contributed by atoms with Crippen LogP contribution < -0.4 is 0 Å². The zero-order valence-corrected chi connectivity index (χ0v) is 18.1. The van der Waals surface area contributed by atoms with E-state index in [1.165, 1.54) is 23.5 Å². The van der Waals surface area contributed by atoms with E-state index in [1.807, 2.05) is 54.8 Å². The van der Waals surface area contributed by atoms with E-state index in [0.717, 1.165) is 5.56 Å². The van der Waals surface area contributed by atoms with E-state index < -0.39 is 4.92 Å². The highest BCUT2D eigenvalue weighted by Crippen LogP contribution is 2.25. The zero-order chi connectivity index (χ0) is 22.5. The van der Waals surface area contributed by atoms with Gasteiger partial charge in [-0.1, -0.05) is 41.6 Å². The van der Waals surface area contributed by atoms with Crippen LogP contribution in [0.5, 0.6) is 0 Å². The Morgan fingerprint density at radius 2 is 1.88 bits per heavy atom. The third-order valence-corrected chi connectivity index (χ3v) is 5.97. The van der Waals surface area contributed by atoms with Crippen molar-refractivity contribution < 1.29 is 14.2 Å². The monoisotopic (exact) mass is 448 g/mol. The van der Waals surface area contributed by atoms with E-state index >= 15 is 0 Å². The summed E-state index contributed by atoms with van der Waals surface area (Å²) in [6, 6.07) is 19.3. The van der Waals surface area contributed by atoms with Crippen LogP contribution in [0.1, 0.15) is 34.1 Å². The second-order valence-electron chi connectivity index (χ2n) is 7.13. The fourth-order valence-electron chi connectivity index (χ4n) is 3.35. The molecule has 2 aromatic carbocycles. The van der Waals surface area contributed by atoms with Gasteiger partial charge in [-0.2, -0.15) is 4.98 Å². The van der Waals surface area contributed by atoms with Crippen molar-refractivity contribution in [3.63, 3.8) is 0 Å². The predicted octanol–water partition coefficient (Wildman–Crippen LogP) is 5.15. The maximum absolute atomic E-state index is 13.2. The Kier molecular flexibility index (Phi) is 6.37. The van der Waals surface area contributed by atoms with Gasteiger partial charge < -0.3 is 9.42 Å². The number of rotatable bonds is 8. The highest BCUT2D eigenvalue weighted by atomic mass is 32.1. The summed E-state index contributed by atoms with van der Waals surface area (Å²) in [5.74, 6) is 0.691. The first kappa shape index (κ1) is 21.4. The summed E-state index contributed by atoms with van der Waals surface area (Å²) in [5, 5.41) is 16.7. The number of benzene rings is 2. The average Bonchev–Trinajstić information content (AvgIpc) is 3.52. The fourth-order valence-corrected chi connectivity index (χ4v) is 4.03. The van der Waals surface area contributed by atoms with Crippen LogP contribution >= 0.6 is 11.3 Å². The Bertz CT molecular complexity index is 1190. The third kappa shape index (κ3) is 4.73. The number of non-ortho nitro benzene ring substituents is 1. The number of aromatic nitrogens is 2. The molecule has 0 unspecified atom stereocenters. The molecule has 0 aliphatic heterocycles. The van der Waals surface area contributed by atoms with Gasteiger partial charge in [0.15, 0.2) is 0 Å². The van der Waals surface area contributed by atoms with Gasteiger partial charge >= 0.3 is 0 Å². The van der Waals surface area contributed by atoms with Crippen molar-refractivity contribution in [1.29, 1.82) is 0 Å². The highest BCUT2D eigenvalue weighted by Gasteiger charge is 2.24.